The number of carbonyl (C=O) groups is 1. The second-order valence-corrected chi connectivity index (χ2v) is 9.13. The van der Waals surface area contributed by atoms with Gasteiger partial charge in [0, 0.05) is 19.5 Å². The largest absolute Gasteiger partial charge is 0.491 e. The van der Waals surface area contributed by atoms with Crippen LogP contribution in [0.4, 0.5) is 5.69 Å². The molecule has 1 atom stereocenters. The third-order valence-electron chi connectivity index (χ3n) is 4.45. The first-order valence-electron chi connectivity index (χ1n) is 9.51. The van der Waals surface area contributed by atoms with E-state index in [9.17, 15) is 13.2 Å². The number of carbonyl (C=O) groups excluding carboxylic acids is 1. The number of rotatable bonds is 6. The number of fused-ring (bicyclic) bond motifs is 1. The van der Waals surface area contributed by atoms with Gasteiger partial charge in [-0.05, 0) is 43.7 Å². The first-order chi connectivity index (χ1) is 13.7. The molecule has 0 unspecified atom stereocenters. The number of hydrogen-bond acceptors (Lipinski definition) is 5. The van der Waals surface area contributed by atoms with E-state index in [4.69, 9.17) is 9.47 Å². The van der Waals surface area contributed by atoms with Crippen molar-refractivity contribution in [3.8, 4) is 11.5 Å². The van der Waals surface area contributed by atoms with E-state index in [1.54, 1.807) is 24.3 Å². The number of anilines is 1. The summed E-state index contributed by atoms with van der Waals surface area (Å²) in [6, 6.07) is 14.4. The van der Waals surface area contributed by atoms with Crippen LogP contribution in [-0.4, -0.2) is 39.3 Å². The van der Waals surface area contributed by atoms with Gasteiger partial charge in [0.2, 0.25) is 10.0 Å². The quantitative estimate of drug-likeness (QED) is 0.780. The maximum absolute atomic E-state index is 12.7. The van der Waals surface area contributed by atoms with Gasteiger partial charge in [-0.3, -0.25) is 9.10 Å². The van der Waals surface area contributed by atoms with Gasteiger partial charge in [-0.2, -0.15) is 0 Å². The summed E-state index contributed by atoms with van der Waals surface area (Å²) in [5.74, 6) is 0.878. The molecule has 7 nitrogen and oxygen atoms in total. The molecule has 0 aliphatic carbocycles. The summed E-state index contributed by atoms with van der Waals surface area (Å²) in [6.07, 6.45) is 0.736. The normalized spacial score (nSPS) is 16.6. The van der Waals surface area contributed by atoms with Crippen molar-refractivity contribution in [2.75, 3.05) is 17.1 Å². The molecule has 1 amide bonds. The van der Waals surface area contributed by atoms with Crippen molar-refractivity contribution in [1.29, 1.82) is 0 Å². The number of ether oxygens (including phenoxy) is 2. The van der Waals surface area contributed by atoms with Crippen molar-refractivity contribution in [2.45, 2.75) is 39.0 Å². The van der Waals surface area contributed by atoms with E-state index < -0.39 is 16.1 Å². The average molecular weight is 419 g/mol. The molecule has 156 valence electrons. The Hall–Kier alpha value is -2.74. The molecule has 0 fully saturated rings. The van der Waals surface area contributed by atoms with Gasteiger partial charge in [-0.1, -0.05) is 24.3 Å². The number of nitrogens with one attached hydrogen (secondary N) is 1. The zero-order valence-corrected chi connectivity index (χ0v) is 17.6. The van der Waals surface area contributed by atoms with Gasteiger partial charge in [-0.15, -0.1) is 0 Å². The van der Waals surface area contributed by atoms with Crippen LogP contribution in [0.1, 0.15) is 25.8 Å². The summed E-state index contributed by atoms with van der Waals surface area (Å²) in [5.41, 5.74) is 1.38. The minimum atomic E-state index is -3.47. The summed E-state index contributed by atoms with van der Waals surface area (Å²) >= 11 is 0. The van der Waals surface area contributed by atoms with Crippen LogP contribution in [-0.2, 0) is 21.4 Å². The Bertz CT molecular complexity index is 957. The van der Waals surface area contributed by atoms with Crippen LogP contribution in [0.15, 0.2) is 48.5 Å². The number of amides is 1. The van der Waals surface area contributed by atoms with Gasteiger partial charge in [0.25, 0.3) is 5.91 Å². The van der Waals surface area contributed by atoms with Crippen molar-refractivity contribution in [1.82, 2.24) is 5.32 Å². The van der Waals surface area contributed by atoms with Crippen LogP contribution < -0.4 is 19.1 Å². The molecule has 0 saturated heterocycles. The Morgan fingerprint density at radius 1 is 1.21 bits per heavy atom. The average Bonchev–Trinajstić information content (AvgIpc) is 2.86. The summed E-state index contributed by atoms with van der Waals surface area (Å²) in [6.45, 7) is 4.45. The highest BCUT2D eigenvalue weighted by atomic mass is 32.2. The molecule has 2 aromatic rings. The molecular formula is C21H26N2O5S. The molecule has 0 radical (unpaired) electrons. The van der Waals surface area contributed by atoms with Crippen LogP contribution in [0.2, 0.25) is 0 Å². The highest BCUT2D eigenvalue weighted by molar-refractivity contribution is 7.92. The minimum Gasteiger partial charge on any atom is -0.491 e. The molecule has 1 aliphatic rings. The van der Waals surface area contributed by atoms with Crippen molar-refractivity contribution in [3.63, 3.8) is 0 Å². The first kappa shape index (κ1) is 21.0. The molecule has 0 spiro atoms. The lowest BCUT2D eigenvalue weighted by atomic mass is 10.2. The zero-order valence-electron chi connectivity index (χ0n) is 16.8. The number of hydrogen-bond donors (Lipinski definition) is 1. The van der Waals surface area contributed by atoms with Crippen molar-refractivity contribution >= 4 is 21.6 Å². The molecule has 1 aliphatic heterocycles. The second kappa shape index (κ2) is 8.73. The van der Waals surface area contributed by atoms with Gasteiger partial charge in [0.1, 0.15) is 11.5 Å². The van der Waals surface area contributed by atoms with E-state index in [0.29, 0.717) is 18.0 Å². The topological polar surface area (TPSA) is 84.9 Å². The lowest BCUT2D eigenvalue weighted by Gasteiger charge is -2.20. The van der Waals surface area contributed by atoms with E-state index >= 15 is 0 Å². The van der Waals surface area contributed by atoms with E-state index in [0.717, 1.165) is 17.6 Å². The van der Waals surface area contributed by atoms with Gasteiger partial charge in [-0.25, -0.2) is 8.42 Å². The van der Waals surface area contributed by atoms with Crippen LogP contribution >= 0.6 is 0 Å². The van der Waals surface area contributed by atoms with Gasteiger partial charge in [0.15, 0.2) is 6.10 Å². The van der Waals surface area contributed by atoms with Crippen molar-refractivity contribution in [3.05, 3.63) is 54.1 Å². The molecule has 3 rings (SSSR count). The molecule has 0 saturated carbocycles. The fourth-order valence-corrected chi connectivity index (χ4v) is 4.07. The van der Waals surface area contributed by atoms with Crippen LogP contribution in [0.3, 0.4) is 0 Å². The molecule has 0 bridgehead atoms. The van der Waals surface area contributed by atoms with E-state index in [2.05, 4.69) is 5.32 Å². The van der Waals surface area contributed by atoms with E-state index in [-0.39, 0.29) is 25.0 Å². The Balaban J connectivity index is 1.66. The zero-order chi connectivity index (χ0) is 21.0. The lowest BCUT2D eigenvalue weighted by molar-refractivity contribution is -0.128. The van der Waals surface area contributed by atoms with E-state index in [1.165, 1.54) is 4.31 Å². The first-order valence-corrected chi connectivity index (χ1v) is 11.4. The Kier molecular flexibility index (Phi) is 6.32. The predicted molar refractivity (Wildman–Crippen MR) is 112 cm³/mol. The Labute approximate surface area is 171 Å². The number of para-hydroxylation sites is 2. The third kappa shape index (κ3) is 5.41. The maximum Gasteiger partial charge on any atom is 0.261 e. The number of sulfonamides is 1. The summed E-state index contributed by atoms with van der Waals surface area (Å²) in [4.78, 5) is 12.7. The summed E-state index contributed by atoms with van der Waals surface area (Å²) in [7, 11) is -3.47. The fourth-order valence-electron chi connectivity index (χ4n) is 3.12. The Morgan fingerprint density at radius 3 is 2.55 bits per heavy atom. The Morgan fingerprint density at radius 2 is 1.90 bits per heavy atom. The van der Waals surface area contributed by atoms with Crippen LogP contribution in [0, 0.1) is 0 Å². The monoisotopic (exact) mass is 418 g/mol. The smallest absolute Gasteiger partial charge is 0.261 e. The minimum absolute atomic E-state index is 0.0994. The number of nitrogens with zero attached hydrogens (tertiary/aromatic N) is 1. The molecule has 1 N–H and O–H groups in total. The summed E-state index contributed by atoms with van der Waals surface area (Å²) in [5, 5.41) is 2.87. The highest BCUT2D eigenvalue weighted by Crippen LogP contribution is 2.33. The molecule has 8 heteroatoms. The molecule has 0 aromatic heterocycles. The lowest BCUT2D eigenvalue weighted by Crippen LogP contribution is -2.39. The summed E-state index contributed by atoms with van der Waals surface area (Å²) < 4.78 is 37.0. The highest BCUT2D eigenvalue weighted by Gasteiger charge is 2.30. The molecule has 2 aromatic carbocycles. The standard InChI is InChI=1S/C21H26N2O5S/c1-15(2)27-17-10-8-16(9-11-17)14-22-21(24)20-12-13-23(29(3,25)26)18-6-4-5-7-19(18)28-20/h4-11,15,20H,12-14H2,1-3H3,(H,22,24)/t20-/m0/s1. The van der Waals surface area contributed by atoms with Gasteiger partial charge in [0.05, 0.1) is 18.0 Å². The second-order valence-electron chi connectivity index (χ2n) is 7.23. The van der Waals surface area contributed by atoms with Gasteiger partial charge < -0.3 is 14.8 Å². The van der Waals surface area contributed by atoms with Gasteiger partial charge >= 0.3 is 0 Å². The van der Waals surface area contributed by atoms with Crippen LogP contribution in [0.5, 0.6) is 11.5 Å². The predicted octanol–water partition coefficient (Wildman–Crippen LogP) is 2.71. The van der Waals surface area contributed by atoms with Crippen LogP contribution in [0.25, 0.3) is 0 Å². The molecular weight excluding hydrogens is 392 g/mol. The third-order valence-corrected chi connectivity index (χ3v) is 5.63. The molecule has 29 heavy (non-hydrogen) atoms. The van der Waals surface area contributed by atoms with Crippen molar-refractivity contribution in [2.24, 2.45) is 0 Å². The maximum atomic E-state index is 12.7. The number of benzene rings is 2. The van der Waals surface area contributed by atoms with Crippen molar-refractivity contribution < 1.29 is 22.7 Å². The molecule has 1 heterocycles. The van der Waals surface area contributed by atoms with E-state index in [1.807, 2.05) is 38.1 Å². The fraction of sp³-hybridized carbons (Fsp3) is 0.381. The SMILES string of the molecule is CC(C)Oc1ccc(CNC(=O)[C@@H]2CCN(S(C)(=O)=O)c3ccccc3O2)cc1.